The van der Waals surface area contributed by atoms with Crippen molar-refractivity contribution in [2.75, 3.05) is 11.9 Å². The number of halogens is 1. The molecular weight excluding hydrogens is 294 g/mol. The third kappa shape index (κ3) is 1.97. The summed E-state index contributed by atoms with van der Waals surface area (Å²) in [6, 6.07) is 18.4. The van der Waals surface area contributed by atoms with E-state index in [4.69, 9.17) is 11.6 Å². The van der Waals surface area contributed by atoms with Gasteiger partial charge in [-0.05, 0) is 17.5 Å². The largest absolute Gasteiger partial charge is 0.339 e. The average Bonchev–Trinajstić information content (AvgIpc) is 2.58. The maximum absolute atomic E-state index is 6.45. The summed E-state index contributed by atoms with van der Waals surface area (Å²) in [6.45, 7) is 0. The van der Waals surface area contributed by atoms with E-state index in [0.717, 1.165) is 22.7 Å². The molecule has 0 saturated heterocycles. The maximum atomic E-state index is 6.45. The van der Waals surface area contributed by atoms with Gasteiger partial charge in [-0.3, -0.25) is 4.98 Å². The van der Waals surface area contributed by atoms with Gasteiger partial charge in [0, 0.05) is 24.2 Å². The Balaban J connectivity index is 2.02. The van der Waals surface area contributed by atoms with Crippen LogP contribution >= 0.6 is 11.6 Å². The molecule has 2 aromatic carbocycles. The summed E-state index contributed by atoms with van der Waals surface area (Å²) in [4.78, 5) is 11.1. The van der Waals surface area contributed by atoms with E-state index in [2.05, 4.69) is 34.2 Å². The Bertz CT molecular complexity index is 874. The van der Waals surface area contributed by atoms with E-state index in [1.54, 1.807) is 6.20 Å². The molecule has 0 saturated carbocycles. The van der Waals surface area contributed by atoms with Crippen molar-refractivity contribution in [1.29, 1.82) is 0 Å². The molecule has 0 N–H and O–H groups in total. The zero-order valence-electron chi connectivity index (χ0n) is 12.1. The van der Waals surface area contributed by atoms with Gasteiger partial charge in [0.2, 0.25) is 0 Å². The van der Waals surface area contributed by atoms with Crippen LogP contribution in [0.15, 0.2) is 65.8 Å². The summed E-state index contributed by atoms with van der Waals surface area (Å²) in [5.41, 5.74) is 3.43. The van der Waals surface area contributed by atoms with Gasteiger partial charge < -0.3 is 4.90 Å². The van der Waals surface area contributed by atoms with E-state index in [9.17, 15) is 0 Å². The van der Waals surface area contributed by atoms with Gasteiger partial charge in [0.25, 0.3) is 0 Å². The van der Waals surface area contributed by atoms with Crippen LogP contribution in [0, 0.1) is 0 Å². The second-order valence-corrected chi connectivity index (χ2v) is 5.69. The summed E-state index contributed by atoms with van der Waals surface area (Å²) < 4.78 is 0. The van der Waals surface area contributed by atoms with Crippen LogP contribution in [0.1, 0.15) is 11.3 Å². The van der Waals surface area contributed by atoms with Gasteiger partial charge in [-0.25, -0.2) is 4.99 Å². The Kier molecular flexibility index (Phi) is 3.09. The predicted octanol–water partition coefficient (Wildman–Crippen LogP) is 4.04. The van der Waals surface area contributed by atoms with E-state index >= 15 is 0 Å². The van der Waals surface area contributed by atoms with Gasteiger partial charge >= 0.3 is 0 Å². The topological polar surface area (TPSA) is 28.5 Å². The SMILES string of the molecule is CN1c2c(ccc3ccccc23)C(c2ccccn2)=NC1Cl. The van der Waals surface area contributed by atoms with E-state index in [-0.39, 0.29) is 0 Å². The van der Waals surface area contributed by atoms with E-state index in [1.165, 1.54) is 10.8 Å². The summed E-state index contributed by atoms with van der Waals surface area (Å²) in [5.74, 6) is 0. The molecule has 0 radical (unpaired) electrons. The Hall–Kier alpha value is -2.39. The zero-order valence-corrected chi connectivity index (χ0v) is 12.8. The van der Waals surface area contributed by atoms with Gasteiger partial charge in [0.1, 0.15) is 0 Å². The quantitative estimate of drug-likeness (QED) is 0.501. The van der Waals surface area contributed by atoms with Gasteiger partial charge in [-0.1, -0.05) is 54.1 Å². The molecule has 0 spiro atoms. The van der Waals surface area contributed by atoms with Gasteiger partial charge in [-0.2, -0.15) is 0 Å². The highest BCUT2D eigenvalue weighted by Gasteiger charge is 2.26. The lowest BCUT2D eigenvalue weighted by Gasteiger charge is -2.31. The maximum Gasteiger partial charge on any atom is 0.198 e. The first-order valence-corrected chi connectivity index (χ1v) is 7.57. The van der Waals surface area contributed by atoms with Crippen LogP contribution in [0.5, 0.6) is 0 Å². The summed E-state index contributed by atoms with van der Waals surface area (Å²) in [7, 11) is 1.97. The fourth-order valence-corrected chi connectivity index (χ4v) is 3.10. The second kappa shape index (κ2) is 5.11. The molecule has 22 heavy (non-hydrogen) atoms. The third-order valence-electron chi connectivity index (χ3n) is 3.97. The highest BCUT2D eigenvalue weighted by Crippen LogP contribution is 2.36. The normalized spacial score (nSPS) is 17.3. The van der Waals surface area contributed by atoms with Gasteiger partial charge in [0.05, 0.1) is 17.1 Å². The lowest BCUT2D eigenvalue weighted by Crippen LogP contribution is -2.32. The Morgan fingerprint density at radius 3 is 2.64 bits per heavy atom. The molecule has 108 valence electrons. The molecule has 3 aromatic rings. The highest BCUT2D eigenvalue weighted by molar-refractivity contribution is 6.27. The minimum atomic E-state index is -0.435. The lowest BCUT2D eigenvalue weighted by atomic mass is 9.97. The van der Waals surface area contributed by atoms with Crippen molar-refractivity contribution in [3.8, 4) is 0 Å². The van der Waals surface area contributed by atoms with Crippen molar-refractivity contribution in [2.45, 2.75) is 5.62 Å². The molecule has 4 heteroatoms. The van der Waals surface area contributed by atoms with Crippen molar-refractivity contribution >= 4 is 33.8 Å². The first kappa shape index (κ1) is 13.3. The number of pyridine rings is 1. The van der Waals surface area contributed by atoms with Gasteiger partial charge in [-0.15, -0.1) is 0 Å². The minimum Gasteiger partial charge on any atom is -0.339 e. The monoisotopic (exact) mass is 307 g/mol. The molecule has 3 nitrogen and oxygen atoms in total. The molecule has 1 aliphatic heterocycles. The van der Waals surface area contributed by atoms with Crippen molar-refractivity contribution in [3.63, 3.8) is 0 Å². The van der Waals surface area contributed by atoms with E-state index in [1.807, 2.05) is 42.3 Å². The van der Waals surface area contributed by atoms with Crippen molar-refractivity contribution in [1.82, 2.24) is 4.98 Å². The molecule has 1 aromatic heterocycles. The highest BCUT2D eigenvalue weighted by atomic mass is 35.5. The number of aromatic nitrogens is 1. The van der Waals surface area contributed by atoms with Crippen LogP contribution in [0.3, 0.4) is 0 Å². The number of hydrogen-bond donors (Lipinski definition) is 0. The number of aliphatic imine (C=N–C) groups is 1. The standard InChI is InChI=1S/C18H14ClN3/c1-22-17-13-7-3-2-6-12(13)9-10-14(17)16(21-18(22)19)15-8-4-5-11-20-15/h2-11,18H,1H3. The zero-order chi connectivity index (χ0) is 15.1. The van der Waals surface area contributed by atoms with Crippen molar-refractivity contribution in [2.24, 2.45) is 4.99 Å². The molecule has 0 amide bonds. The second-order valence-electron chi connectivity index (χ2n) is 5.30. The molecule has 1 aliphatic rings. The lowest BCUT2D eigenvalue weighted by molar-refractivity contribution is 0.851. The number of nitrogens with zero attached hydrogens (tertiary/aromatic N) is 3. The van der Waals surface area contributed by atoms with Crippen LogP contribution in [0.4, 0.5) is 5.69 Å². The van der Waals surface area contributed by atoms with E-state index in [0.29, 0.717) is 0 Å². The van der Waals surface area contributed by atoms with Crippen LogP contribution in [0.2, 0.25) is 0 Å². The fraction of sp³-hybridized carbons (Fsp3) is 0.111. The summed E-state index contributed by atoms with van der Waals surface area (Å²) in [5, 5.41) is 2.37. The molecule has 2 heterocycles. The number of hydrogen-bond acceptors (Lipinski definition) is 3. The van der Waals surface area contributed by atoms with Crippen LogP contribution in [0.25, 0.3) is 10.8 Å². The molecular formula is C18H14ClN3. The van der Waals surface area contributed by atoms with Crippen LogP contribution < -0.4 is 4.90 Å². The average molecular weight is 308 g/mol. The Morgan fingerprint density at radius 2 is 1.82 bits per heavy atom. The summed E-state index contributed by atoms with van der Waals surface area (Å²) in [6.07, 6.45) is 1.78. The molecule has 4 rings (SSSR count). The smallest absolute Gasteiger partial charge is 0.198 e. The summed E-state index contributed by atoms with van der Waals surface area (Å²) >= 11 is 6.45. The number of alkyl halides is 1. The molecule has 0 bridgehead atoms. The Labute approximate surface area is 133 Å². The van der Waals surface area contributed by atoms with Crippen LogP contribution in [-0.2, 0) is 0 Å². The molecule has 1 atom stereocenters. The third-order valence-corrected chi connectivity index (χ3v) is 4.36. The number of fused-ring (bicyclic) bond motifs is 3. The van der Waals surface area contributed by atoms with Crippen molar-refractivity contribution < 1.29 is 0 Å². The minimum absolute atomic E-state index is 0.435. The Morgan fingerprint density at radius 1 is 1.00 bits per heavy atom. The van der Waals surface area contributed by atoms with Crippen LogP contribution in [-0.4, -0.2) is 23.4 Å². The van der Waals surface area contributed by atoms with Gasteiger partial charge in [0.15, 0.2) is 5.62 Å². The number of rotatable bonds is 1. The molecule has 0 aliphatic carbocycles. The molecule has 1 unspecified atom stereocenters. The first-order chi connectivity index (χ1) is 10.8. The first-order valence-electron chi connectivity index (χ1n) is 7.14. The number of benzene rings is 2. The van der Waals surface area contributed by atoms with Crippen molar-refractivity contribution in [3.05, 3.63) is 72.1 Å². The number of anilines is 1. The van der Waals surface area contributed by atoms with E-state index < -0.39 is 5.62 Å². The fourth-order valence-electron chi connectivity index (χ4n) is 2.90. The predicted molar refractivity (Wildman–Crippen MR) is 91.9 cm³/mol. The molecule has 0 fully saturated rings.